The number of carboxylic acid groups (broad SMARTS) is 1. The summed E-state index contributed by atoms with van der Waals surface area (Å²) in [6.07, 6.45) is -1.46. The van der Waals surface area contributed by atoms with Crippen molar-refractivity contribution in [1.82, 2.24) is 9.71 Å². The zero-order valence-corrected chi connectivity index (χ0v) is 15.8. The first-order valence-electron chi connectivity index (χ1n) is 8.43. The fourth-order valence-electron chi connectivity index (χ4n) is 2.73. The summed E-state index contributed by atoms with van der Waals surface area (Å²) in [5.41, 5.74) is 1.11. The van der Waals surface area contributed by atoms with Crippen LogP contribution in [-0.4, -0.2) is 25.9 Å². The Hall–Kier alpha value is -3.62. The molecular weight excluding hydrogens is 366 g/mol. The maximum absolute atomic E-state index is 11.1. The number of hydrogen-bond donors (Lipinski definition) is 1. The van der Waals surface area contributed by atoms with Gasteiger partial charge in [-0.05, 0) is 30.7 Å². The number of nitro benzene ring substituents is 1. The fourth-order valence-corrected chi connectivity index (χ4v) is 2.73. The molecule has 0 aliphatic heterocycles. The highest BCUT2D eigenvalue weighted by Gasteiger charge is 2.26. The van der Waals surface area contributed by atoms with Gasteiger partial charge >= 0.3 is 6.16 Å². The van der Waals surface area contributed by atoms with Crippen LogP contribution in [0, 0.1) is 17.0 Å². The van der Waals surface area contributed by atoms with Crippen LogP contribution in [-0.2, 0) is 5.41 Å². The Labute approximate surface area is 160 Å². The van der Waals surface area contributed by atoms with Crippen LogP contribution in [0.15, 0.2) is 36.4 Å². The van der Waals surface area contributed by atoms with Gasteiger partial charge in [0.25, 0.3) is 5.69 Å². The van der Waals surface area contributed by atoms with Crippen LogP contribution >= 0.6 is 0 Å². The van der Waals surface area contributed by atoms with Gasteiger partial charge in [-0.3, -0.25) is 15.0 Å². The van der Waals surface area contributed by atoms with Crippen molar-refractivity contribution in [1.29, 1.82) is 0 Å². The van der Waals surface area contributed by atoms with Crippen LogP contribution in [0.1, 0.15) is 32.2 Å². The zero-order chi connectivity index (χ0) is 20.6. The average Bonchev–Trinajstić information content (AvgIpc) is 2.94. The summed E-state index contributed by atoms with van der Waals surface area (Å²) < 4.78 is 7.01. The number of carbonyl (C=O) groups is 1. The molecular formula is C19H19N3O6. The van der Waals surface area contributed by atoms with E-state index in [1.165, 1.54) is 22.9 Å². The van der Waals surface area contributed by atoms with E-state index in [1.807, 2.05) is 20.8 Å². The molecule has 0 bridgehead atoms. The highest BCUT2D eigenvalue weighted by molar-refractivity contribution is 5.78. The van der Waals surface area contributed by atoms with Crippen LogP contribution in [0.3, 0.4) is 0 Å². The second-order valence-corrected chi connectivity index (χ2v) is 7.30. The molecule has 0 saturated heterocycles. The SMILES string of the molecule is Cc1cc([N+](=O)[O-])ccc1Oc1ccc2nc(C(C)(C)C)n(OC(=O)O)c2c1. The van der Waals surface area contributed by atoms with Gasteiger partial charge < -0.3 is 9.84 Å². The Balaban J connectivity index is 2.04. The Morgan fingerprint density at radius 1 is 1.21 bits per heavy atom. The Bertz CT molecular complexity index is 1080. The maximum atomic E-state index is 11.1. The lowest BCUT2D eigenvalue weighted by Crippen LogP contribution is -2.26. The zero-order valence-electron chi connectivity index (χ0n) is 15.8. The van der Waals surface area contributed by atoms with Crippen molar-refractivity contribution in [2.24, 2.45) is 0 Å². The first-order chi connectivity index (χ1) is 13.1. The molecule has 2 aromatic carbocycles. The van der Waals surface area contributed by atoms with Gasteiger partial charge in [-0.25, -0.2) is 9.78 Å². The number of aryl methyl sites for hydroxylation is 1. The number of hydrogen-bond acceptors (Lipinski definition) is 6. The number of rotatable bonds is 4. The van der Waals surface area contributed by atoms with E-state index in [0.29, 0.717) is 33.9 Å². The molecule has 1 N–H and O–H groups in total. The van der Waals surface area contributed by atoms with E-state index in [1.54, 1.807) is 25.1 Å². The molecule has 0 saturated carbocycles. The van der Waals surface area contributed by atoms with Crippen molar-refractivity contribution >= 4 is 22.9 Å². The van der Waals surface area contributed by atoms with Gasteiger partial charge in [-0.2, -0.15) is 4.73 Å². The van der Waals surface area contributed by atoms with Gasteiger partial charge in [0, 0.05) is 23.6 Å². The number of fused-ring (bicyclic) bond motifs is 1. The minimum atomic E-state index is -1.46. The van der Waals surface area contributed by atoms with Crippen LogP contribution in [0.4, 0.5) is 10.5 Å². The topological polar surface area (TPSA) is 117 Å². The van der Waals surface area contributed by atoms with E-state index in [0.717, 1.165) is 0 Å². The molecule has 0 radical (unpaired) electrons. The third kappa shape index (κ3) is 3.73. The maximum Gasteiger partial charge on any atom is 0.531 e. The van der Waals surface area contributed by atoms with Gasteiger partial charge in [0.05, 0.1) is 10.4 Å². The number of aromatic nitrogens is 2. The molecule has 9 heteroatoms. The van der Waals surface area contributed by atoms with Crippen molar-refractivity contribution in [2.75, 3.05) is 0 Å². The van der Waals surface area contributed by atoms with Crippen LogP contribution < -0.4 is 9.57 Å². The smallest absolute Gasteiger partial charge is 0.457 e. The van der Waals surface area contributed by atoms with E-state index >= 15 is 0 Å². The molecule has 0 amide bonds. The third-order valence-electron chi connectivity index (χ3n) is 4.02. The summed E-state index contributed by atoms with van der Waals surface area (Å²) in [6.45, 7) is 7.39. The van der Waals surface area contributed by atoms with Gasteiger partial charge in [0.1, 0.15) is 17.0 Å². The molecule has 1 aromatic heterocycles. The van der Waals surface area contributed by atoms with Gasteiger partial charge in [0.2, 0.25) is 0 Å². The molecule has 0 spiro atoms. The van der Waals surface area contributed by atoms with E-state index in [9.17, 15) is 14.9 Å². The van der Waals surface area contributed by atoms with Crippen molar-refractivity contribution in [2.45, 2.75) is 33.1 Å². The predicted molar refractivity (Wildman–Crippen MR) is 101 cm³/mol. The van der Waals surface area contributed by atoms with Crippen LogP contribution in [0.25, 0.3) is 11.0 Å². The van der Waals surface area contributed by atoms with Crippen molar-refractivity contribution in [3.8, 4) is 11.5 Å². The number of ether oxygens (including phenoxy) is 1. The van der Waals surface area contributed by atoms with Gasteiger partial charge in [-0.15, -0.1) is 0 Å². The quantitative estimate of drug-likeness (QED) is 0.521. The van der Waals surface area contributed by atoms with Crippen LogP contribution in [0.5, 0.6) is 11.5 Å². The van der Waals surface area contributed by atoms with E-state index in [2.05, 4.69) is 4.98 Å². The Kier molecular flexibility index (Phi) is 4.68. The predicted octanol–water partition coefficient (Wildman–Crippen LogP) is 4.45. The number of non-ortho nitro benzene ring substituents is 1. The summed E-state index contributed by atoms with van der Waals surface area (Å²) in [5.74, 6) is 1.32. The Morgan fingerprint density at radius 3 is 2.50 bits per heavy atom. The average molecular weight is 385 g/mol. The third-order valence-corrected chi connectivity index (χ3v) is 4.02. The number of nitro groups is 1. The summed E-state index contributed by atoms with van der Waals surface area (Å²) in [4.78, 5) is 31.0. The number of nitrogens with zero attached hydrogens (tertiary/aromatic N) is 3. The summed E-state index contributed by atoms with van der Waals surface area (Å²) >= 11 is 0. The number of imidazole rings is 1. The molecule has 9 nitrogen and oxygen atoms in total. The fraction of sp³-hybridized carbons (Fsp3) is 0.263. The lowest BCUT2D eigenvalue weighted by Gasteiger charge is -2.18. The normalized spacial score (nSPS) is 11.4. The Morgan fingerprint density at radius 2 is 1.93 bits per heavy atom. The minimum Gasteiger partial charge on any atom is -0.457 e. The second-order valence-electron chi connectivity index (χ2n) is 7.30. The molecule has 0 aliphatic carbocycles. The highest BCUT2D eigenvalue weighted by Crippen LogP contribution is 2.32. The monoisotopic (exact) mass is 385 g/mol. The summed E-state index contributed by atoms with van der Waals surface area (Å²) in [5, 5.41) is 20.0. The first kappa shape index (κ1) is 19.2. The van der Waals surface area contributed by atoms with Crippen molar-refractivity contribution < 1.29 is 24.4 Å². The summed E-state index contributed by atoms with van der Waals surface area (Å²) in [6, 6.07) is 9.29. The van der Waals surface area contributed by atoms with Gasteiger partial charge in [-0.1, -0.05) is 20.8 Å². The van der Waals surface area contributed by atoms with E-state index in [4.69, 9.17) is 14.7 Å². The molecule has 28 heavy (non-hydrogen) atoms. The summed E-state index contributed by atoms with van der Waals surface area (Å²) in [7, 11) is 0. The van der Waals surface area contributed by atoms with Gasteiger partial charge in [0.15, 0.2) is 5.82 Å². The first-order valence-corrected chi connectivity index (χ1v) is 8.43. The molecule has 0 atom stereocenters. The molecule has 1 heterocycles. The van der Waals surface area contributed by atoms with Crippen LogP contribution in [0.2, 0.25) is 0 Å². The second kappa shape index (κ2) is 6.84. The van der Waals surface area contributed by atoms with Crippen molar-refractivity contribution in [3.63, 3.8) is 0 Å². The molecule has 0 fully saturated rings. The lowest BCUT2D eigenvalue weighted by atomic mass is 9.96. The molecule has 0 unspecified atom stereocenters. The molecule has 146 valence electrons. The lowest BCUT2D eigenvalue weighted by molar-refractivity contribution is -0.384. The van der Waals surface area contributed by atoms with E-state index < -0.39 is 16.5 Å². The standard InChI is InChI=1S/C19H19N3O6/c1-11-9-12(22(25)26)5-8-16(11)27-13-6-7-14-15(10-13)21(28-18(23)24)17(20-14)19(2,3)4/h5-10H,1-4H3,(H,23,24). The number of benzene rings is 2. The molecule has 3 rings (SSSR count). The van der Waals surface area contributed by atoms with E-state index in [-0.39, 0.29) is 5.69 Å². The molecule has 3 aromatic rings. The highest BCUT2D eigenvalue weighted by atomic mass is 16.8. The van der Waals surface area contributed by atoms with Crippen molar-refractivity contribution in [3.05, 3.63) is 57.9 Å². The largest absolute Gasteiger partial charge is 0.531 e. The molecule has 0 aliphatic rings. The minimum absolute atomic E-state index is 0.0249.